The molecule has 5 aliphatic rings. The van der Waals surface area contributed by atoms with E-state index >= 15 is 0 Å². The average molecular weight is 775 g/mol. The Morgan fingerprint density at radius 1 is 1.04 bits per heavy atom. The van der Waals surface area contributed by atoms with Crippen molar-refractivity contribution in [3.8, 4) is 11.1 Å². The number of fused-ring (bicyclic) bond motifs is 12. The standard InChI is InChI=1S/C44H58N2O8S/c1-8-31-24-43(31,40(50)45-55(51,52)33-20-21-33)26-37(47)36-25-44(53-7)27-46(36)39(49)35(41(2,3)4)23-38(48)54-28-42(5,6)22-12-11-14-29-13-9-10-15-34(29)30-16-18-32(44)19-17-30/h8-10,13,15-19,31,33,35-36H,1,11-12,14,20-28H2,2-7H3,(H,45,50)/t31-,35-,36+,43-,44+/m1/s1. The molecule has 2 saturated carbocycles. The number of nitrogens with one attached hydrogen (secondary N) is 1. The number of Topliss-reactive ketones (excluding diaryl/α,β-unsaturated/α-hetero) is 1. The van der Waals surface area contributed by atoms with Crippen molar-refractivity contribution in [2.24, 2.45) is 28.1 Å². The van der Waals surface area contributed by atoms with Crippen LogP contribution in [0.2, 0.25) is 0 Å². The number of esters is 1. The third-order valence-corrected chi connectivity index (χ3v) is 14.4. The van der Waals surface area contributed by atoms with Gasteiger partial charge in [0.1, 0.15) is 5.60 Å². The van der Waals surface area contributed by atoms with Gasteiger partial charge in [-0.3, -0.25) is 23.9 Å². The number of carbonyl (C=O) groups excluding carboxylic acids is 4. The number of benzene rings is 2. The maximum absolute atomic E-state index is 14.9. The monoisotopic (exact) mass is 774 g/mol. The predicted octanol–water partition coefficient (Wildman–Crippen LogP) is 6.90. The number of sulfonamides is 1. The largest absolute Gasteiger partial charge is 0.465 e. The van der Waals surface area contributed by atoms with Crippen molar-refractivity contribution in [1.82, 2.24) is 9.62 Å². The van der Waals surface area contributed by atoms with Gasteiger partial charge in [-0.05, 0) is 77.5 Å². The van der Waals surface area contributed by atoms with Gasteiger partial charge in [0.05, 0.1) is 42.2 Å². The quantitative estimate of drug-likeness (QED) is 0.226. The zero-order chi connectivity index (χ0) is 40.0. The normalized spacial score (nSPS) is 28.8. The summed E-state index contributed by atoms with van der Waals surface area (Å²) in [6.07, 6.45) is 6.27. The highest BCUT2D eigenvalue weighted by atomic mass is 32.2. The summed E-state index contributed by atoms with van der Waals surface area (Å²) in [6, 6.07) is 15.5. The Morgan fingerprint density at radius 3 is 2.35 bits per heavy atom. The molecule has 1 saturated heterocycles. The number of allylic oxidation sites excluding steroid dienone is 1. The van der Waals surface area contributed by atoms with Crippen LogP contribution >= 0.6 is 0 Å². The molecule has 0 radical (unpaired) electrons. The molecule has 7 rings (SSSR count). The molecule has 1 N–H and O–H groups in total. The molecule has 0 aromatic heterocycles. The maximum Gasteiger partial charge on any atom is 0.306 e. The van der Waals surface area contributed by atoms with E-state index in [-0.39, 0.29) is 55.9 Å². The highest BCUT2D eigenvalue weighted by molar-refractivity contribution is 7.90. The Balaban J connectivity index is 1.38. The van der Waals surface area contributed by atoms with Gasteiger partial charge >= 0.3 is 5.97 Å². The van der Waals surface area contributed by atoms with Crippen LogP contribution in [0.1, 0.15) is 104 Å². The lowest BCUT2D eigenvalue weighted by Crippen LogP contribution is -2.49. The molecule has 3 aliphatic heterocycles. The molecule has 0 spiro atoms. The van der Waals surface area contributed by atoms with Crippen molar-refractivity contribution in [3.63, 3.8) is 0 Å². The van der Waals surface area contributed by atoms with Crippen LogP contribution < -0.4 is 4.72 Å². The molecule has 55 heavy (non-hydrogen) atoms. The Hall–Kier alpha value is -3.83. The molecule has 3 fully saturated rings. The second-order valence-electron chi connectivity index (χ2n) is 18.3. The zero-order valence-corrected chi connectivity index (χ0v) is 34.1. The summed E-state index contributed by atoms with van der Waals surface area (Å²) in [6.45, 7) is 14.0. The predicted molar refractivity (Wildman–Crippen MR) is 211 cm³/mol. The van der Waals surface area contributed by atoms with E-state index in [1.807, 2.05) is 39.0 Å². The van der Waals surface area contributed by atoms with Gasteiger partial charge in [-0.15, -0.1) is 6.58 Å². The van der Waals surface area contributed by atoms with Crippen LogP contribution in [0.15, 0.2) is 61.2 Å². The molecule has 0 unspecified atom stereocenters. The lowest BCUT2D eigenvalue weighted by Gasteiger charge is -2.35. The minimum absolute atomic E-state index is 0.0451. The van der Waals surface area contributed by atoms with Crippen molar-refractivity contribution >= 4 is 33.6 Å². The summed E-state index contributed by atoms with van der Waals surface area (Å²) in [4.78, 5) is 58.3. The molecule has 2 aromatic carbocycles. The molecule has 2 aromatic rings. The van der Waals surface area contributed by atoms with Gasteiger partial charge in [-0.1, -0.05) is 95.6 Å². The molecule has 2 aliphatic carbocycles. The minimum Gasteiger partial charge on any atom is -0.465 e. The second kappa shape index (κ2) is 15.3. The first-order valence-electron chi connectivity index (χ1n) is 19.8. The SMILES string of the molecule is C=C[C@@H]1C[C@]1(CC(=O)[C@@H]1C[C@]2(OC)CN1C(=O)[C@H](C(C)(C)C)CC(=O)OCC(C)(C)CCCCc1ccccc1-c1ccc2cc1)C(=O)NS(=O)(=O)C1CC1. The Bertz CT molecular complexity index is 1930. The van der Waals surface area contributed by atoms with E-state index in [0.717, 1.165) is 42.4 Å². The number of ketones is 1. The molecule has 2 amide bonds. The number of nitrogens with zero attached hydrogens (tertiary/aromatic N) is 1. The molecule has 5 atom stereocenters. The molecule has 4 bridgehead atoms. The van der Waals surface area contributed by atoms with Crippen LogP contribution in [0.5, 0.6) is 0 Å². The lowest BCUT2D eigenvalue weighted by molar-refractivity contribution is -0.155. The first kappa shape index (κ1) is 40.8. The van der Waals surface area contributed by atoms with Gasteiger partial charge in [0.2, 0.25) is 21.8 Å². The minimum atomic E-state index is -3.85. The Labute approximate surface area is 326 Å². The van der Waals surface area contributed by atoms with E-state index in [2.05, 4.69) is 55.5 Å². The summed E-state index contributed by atoms with van der Waals surface area (Å²) in [5.41, 5.74) is 0.938. The third-order valence-electron chi connectivity index (χ3n) is 12.6. The number of ether oxygens (including phenoxy) is 2. The van der Waals surface area contributed by atoms with Crippen LogP contribution in [0.4, 0.5) is 0 Å². The molecular weight excluding hydrogens is 717 g/mol. The van der Waals surface area contributed by atoms with Crippen LogP contribution in [0.25, 0.3) is 11.1 Å². The van der Waals surface area contributed by atoms with Gasteiger partial charge in [-0.2, -0.15) is 0 Å². The summed E-state index contributed by atoms with van der Waals surface area (Å²) in [5.74, 6) is -3.12. The van der Waals surface area contributed by atoms with Crippen LogP contribution in [0.3, 0.4) is 0 Å². The molecule has 11 heteroatoms. The van der Waals surface area contributed by atoms with Gasteiger partial charge < -0.3 is 14.4 Å². The van der Waals surface area contributed by atoms with Gasteiger partial charge in [0.25, 0.3) is 0 Å². The van der Waals surface area contributed by atoms with Crippen molar-refractivity contribution in [3.05, 3.63) is 72.3 Å². The number of carbonyl (C=O) groups is 4. The second-order valence-corrected chi connectivity index (χ2v) is 20.3. The summed E-state index contributed by atoms with van der Waals surface area (Å²) in [5, 5.41) is -0.602. The number of rotatable bonds is 8. The third kappa shape index (κ3) is 8.63. The zero-order valence-electron chi connectivity index (χ0n) is 33.3. The number of hydrogen-bond acceptors (Lipinski definition) is 8. The first-order chi connectivity index (χ1) is 25.8. The number of methoxy groups -OCH3 is 1. The van der Waals surface area contributed by atoms with Gasteiger partial charge in [0.15, 0.2) is 5.78 Å². The molecule has 10 nitrogen and oxygen atoms in total. The van der Waals surface area contributed by atoms with E-state index in [9.17, 15) is 27.6 Å². The van der Waals surface area contributed by atoms with Crippen LogP contribution in [0, 0.1) is 28.1 Å². The van der Waals surface area contributed by atoms with Gasteiger partial charge in [0, 0.05) is 20.0 Å². The van der Waals surface area contributed by atoms with E-state index in [1.165, 1.54) is 5.56 Å². The summed E-state index contributed by atoms with van der Waals surface area (Å²) >= 11 is 0. The van der Waals surface area contributed by atoms with Crippen molar-refractivity contribution < 1.29 is 37.1 Å². The van der Waals surface area contributed by atoms with Crippen LogP contribution in [-0.2, 0) is 50.7 Å². The smallest absolute Gasteiger partial charge is 0.306 e. The summed E-state index contributed by atoms with van der Waals surface area (Å²) < 4.78 is 40.1. The highest BCUT2D eigenvalue weighted by Gasteiger charge is 2.62. The first-order valence-corrected chi connectivity index (χ1v) is 21.3. The maximum atomic E-state index is 14.9. The fourth-order valence-corrected chi connectivity index (χ4v) is 9.99. The van der Waals surface area contributed by atoms with E-state index in [1.54, 1.807) is 18.1 Å². The Morgan fingerprint density at radius 2 is 1.73 bits per heavy atom. The van der Waals surface area contributed by atoms with Crippen LogP contribution in [-0.4, -0.2) is 68.4 Å². The fraction of sp³-hybridized carbons (Fsp3) is 0.591. The number of aryl methyl sites for hydroxylation is 1. The average Bonchev–Trinajstić information content (AvgIpc) is 4.07. The van der Waals surface area contributed by atoms with E-state index in [4.69, 9.17) is 9.47 Å². The van der Waals surface area contributed by atoms with E-state index in [0.29, 0.717) is 12.8 Å². The molecule has 3 heterocycles. The number of amides is 2. The molecule has 298 valence electrons. The van der Waals surface area contributed by atoms with E-state index < -0.39 is 61.5 Å². The Kier molecular flexibility index (Phi) is 11.3. The fourth-order valence-electron chi connectivity index (χ4n) is 8.60. The lowest BCUT2D eigenvalue weighted by atomic mass is 9.77. The topological polar surface area (TPSA) is 136 Å². The van der Waals surface area contributed by atoms with Crippen molar-refractivity contribution in [2.75, 3.05) is 20.3 Å². The number of hydrogen-bond donors (Lipinski definition) is 1. The van der Waals surface area contributed by atoms with Crippen molar-refractivity contribution in [1.29, 1.82) is 0 Å². The summed E-state index contributed by atoms with van der Waals surface area (Å²) in [7, 11) is -2.28. The van der Waals surface area contributed by atoms with Gasteiger partial charge in [-0.25, -0.2) is 8.42 Å². The van der Waals surface area contributed by atoms with Crippen molar-refractivity contribution in [2.45, 2.75) is 116 Å². The molecular formula is C44H58N2O8S. The highest BCUT2D eigenvalue weighted by Crippen LogP contribution is 2.57.